The summed E-state index contributed by atoms with van der Waals surface area (Å²) < 4.78 is 0. The Morgan fingerprint density at radius 1 is 1.52 bits per heavy atom. The van der Waals surface area contributed by atoms with Crippen molar-refractivity contribution < 1.29 is 4.79 Å². The summed E-state index contributed by atoms with van der Waals surface area (Å²) in [5.41, 5.74) is 0.853. The van der Waals surface area contributed by atoms with E-state index < -0.39 is 0 Å². The van der Waals surface area contributed by atoms with E-state index in [-0.39, 0.29) is 22.9 Å². The Kier molecular flexibility index (Phi) is 4.80. The Bertz CT molecular complexity index is 626. The fourth-order valence-electron chi connectivity index (χ4n) is 1.87. The van der Waals surface area contributed by atoms with Crippen LogP contribution in [0.4, 0.5) is 5.82 Å². The number of aliphatic imine (C=N–C) groups is 2. The lowest BCUT2D eigenvalue weighted by Gasteiger charge is -2.04. The Hall–Kier alpha value is -2.08. The van der Waals surface area contributed by atoms with Gasteiger partial charge in [-0.3, -0.25) is 4.79 Å². The van der Waals surface area contributed by atoms with Crippen LogP contribution in [0.2, 0.25) is 5.15 Å². The van der Waals surface area contributed by atoms with E-state index in [4.69, 9.17) is 11.6 Å². The number of carbonyl (C=O) groups excluding carboxylic acids is 1. The van der Waals surface area contributed by atoms with Gasteiger partial charge in [0, 0.05) is 23.6 Å². The summed E-state index contributed by atoms with van der Waals surface area (Å²) in [6, 6.07) is 1.50. The van der Waals surface area contributed by atoms with Crippen LogP contribution in [0.5, 0.6) is 0 Å². The molecule has 2 atom stereocenters. The number of allylic oxidation sites excluding steroid dienone is 2. The maximum atomic E-state index is 12.1. The van der Waals surface area contributed by atoms with E-state index in [0.29, 0.717) is 18.1 Å². The van der Waals surface area contributed by atoms with E-state index in [0.717, 1.165) is 5.70 Å². The van der Waals surface area contributed by atoms with Crippen LogP contribution in [0.25, 0.3) is 0 Å². The molecule has 6 nitrogen and oxygen atoms in total. The highest BCUT2D eigenvalue weighted by Crippen LogP contribution is 2.41. The molecule has 1 N–H and O–H groups in total. The van der Waals surface area contributed by atoms with E-state index in [1.165, 1.54) is 12.4 Å². The molecule has 110 valence electrons. The maximum absolute atomic E-state index is 12.1. The summed E-state index contributed by atoms with van der Waals surface area (Å²) >= 11 is 5.75. The van der Waals surface area contributed by atoms with E-state index in [1.54, 1.807) is 0 Å². The third-order valence-electron chi connectivity index (χ3n) is 3.21. The normalized spacial score (nSPS) is 21.9. The average Bonchev–Trinajstić information content (AvgIpc) is 3.25. The third-order valence-corrected chi connectivity index (χ3v) is 3.42. The molecule has 1 amide bonds. The quantitative estimate of drug-likeness (QED) is 0.527. The lowest BCUT2D eigenvalue weighted by atomic mass is 10.2. The van der Waals surface area contributed by atoms with Crippen LogP contribution in [0.3, 0.4) is 0 Å². The van der Waals surface area contributed by atoms with Crippen molar-refractivity contribution in [1.29, 1.82) is 0 Å². The lowest BCUT2D eigenvalue weighted by molar-refractivity contribution is -0.117. The predicted molar refractivity (Wildman–Crippen MR) is 83.7 cm³/mol. The van der Waals surface area contributed by atoms with Crippen molar-refractivity contribution in [3.63, 3.8) is 0 Å². The molecule has 1 aliphatic carbocycles. The first kappa shape index (κ1) is 15.3. The summed E-state index contributed by atoms with van der Waals surface area (Å²) in [7, 11) is 0. The highest BCUT2D eigenvalue weighted by Gasteiger charge is 2.46. The molecule has 1 heterocycles. The molecule has 1 aromatic heterocycles. The number of halogens is 1. The van der Waals surface area contributed by atoms with Gasteiger partial charge in [-0.1, -0.05) is 17.7 Å². The molecule has 0 radical (unpaired) electrons. The molecular formula is C14H16ClN5O. The molecule has 0 spiro atoms. The van der Waals surface area contributed by atoms with E-state index in [1.807, 2.05) is 19.9 Å². The van der Waals surface area contributed by atoms with E-state index in [2.05, 4.69) is 32.0 Å². The summed E-state index contributed by atoms with van der Waals surface area (Å²) in [6.45, 7) is 7.30. The number of aromatic nitrogens is 2. The summed E-state index contributed by atoms with van der Waals surface area (Å²) in [5.74, 6) is 0.721. The van der Waals surface area contributed by atoms with Gasteiger partial charge in [-0.05, 0) is 27.0 Å². The van der Waals surface area contributed by atoms with Crippen LogP contribution in [-0.2, 0) is 4.79 Å². The van der Waals surface area contributed by atoms with Crippen LogP contribution in [0.15, 0.2) is 34.2 Å². The van der Waals surface area contributed by atoms with Crippen molar-refractivity contribution in [2.45, 2.75) is 20.3 Å². The third kappa shape index (κ3) is 3.95. The number of hydrogen-bond donors (Lipinski definition) is 1. The monoisotopic (exact) mass is 305 g/mol. The molecular weight excluding hydrogens is 290 g/mol. The maximum Gasteiger partial charge on any atom is 0.229 e. The van der Waals surface area contributed by atoms with Gasteiger partial charge in [-0.15, -0.1) is 0 Å². The second kappa shape index (κ2) is 6.58. The SMILES string of the molecule is C=N/C(=N\C(C)=C/C)[C@H]1C[C@@H]1C(=O)Nc1cc(Cl)ncn1. The molecule has 1 aliphatic rings. The smallest absolute Gasteiger partial charge is 0.229 e. The first-order valence-electron chi connectivity index (χ1n) is 6.51. The zero-order valence-electron chi connectivity index (χ0n) is 11.9. The molecule has 0 saturated heterocycles. The summed E-state index contributed by atoms with van der Waals surface area (Å²) in [5, 5.41) is 3.00. The van der Waals surface area contributed by atoms with Crippen LogP contribution >= 0.6 is 11.6 Å². The second-order valence-electron chi connectivity index (χ2n) is 4.72. The number of rotatable bonds is 4. The van der Waals surface area contributed by atoms with Gasteiger partial charge in [0.25, 0.3) is 0 Å². The van der Waals surface area contributed by atoms with Crippen LogP contribution in [-0.4, -0.2) is 28.4 Å². The van der Waals surface area contributed by atoms with E-state index in [9.17, 15) is 4.79 Å². The van der Waals surface area contributed by atoms with Gasteiger partial charge < -0.3 is 5.32 Å². The minimum atomic E-state index is -0.160. The lowest BCUT2D eigenvalue weighted by Crippen LogP contribution is -2.17. The topological polar surface area (TPSA) is 79.6 Å². The van der Waals surface area contributed by atoms with Gasteiger partial charge in [0.1, 0.15) is 23.1 Å². The average molecular weight is 306 g/mol. The van der Waals surface area contributed by atoms with Crippen LogP contribution in [0.1, 0.15) is 20.3 Å². The largest absolute Gasteiger partial charge is 0.310 e. The standard InChI is InChI=1S/C14H16ClN5O/c1-4-8(2)19-13(16-3)9-5-10(9)14(21)20-12-6-11(15)17-7-18-12/h4,6-7,9-10H,3,5H2,1-2H3,(H,17,18,20,21)/b8-4-,19-13-/t9-,10-/m0/s1. The minimum absolute atomic E-state index is 0.00899. The highest BCUT2D eigenvalue weighted by molar-refractivity contribution is 6.29. The Balaban J connectivity index is 2.00. The number of anilines is 1. The second-order valence-corrected chi connectivity index (χ2v) is 5.11. The van der Waals surface area contributed by atoms with Crippen molar-refractivity contribution in [2.75, 3.05) is 5.32 Å². The molecule has 0 aliphatic heterocycles. The molecule has 1 fully saturated rings. The Labute approximate surface area is 128 Å². The fourth-order valence-corrected chi connectivity index (χ4v) is 2.02. The van der Waals surface area contributed by atoms with Gasteiger partial charge in [0.05, 0.1) is 0 Å². The molecule has 7 heteroatoms. The summed E-state index contributed by atoms with van der Waals surface area (Å²) in [6.07, 6.45) is 3.89. The van der Waals surface area contributed by atoms with Gasteiger partial charge in [-0.2, -0.15) is 0 Å². The zero-order chi connectivity index (χ0) is 15.4. The Morgan fingerprint density at radius 2 is 2.29 bits per heavy atom. The van der Waals surface area contributed by atoms with Crippen LogP contribution < -0.4 is 5.32 Å². The van der Waals surface area contributed by atoms with Gasteiger partial charge in [-0.25, -0.2) is 20.0 Å². The number of hydrogen-bond acceptors (Lipinski definition) is 4. The van der Waals surface area contributed by atoms with Crippen molar-refractivity contribution in [3.05, 3.63) is 29.3 Å². The molecule has 1 aromatic rings. The fraction of sp³-hybridized carbons (Fsp3) is 0.357. The number of nitrogens with one attached hydrogen (secondary N) is 1. The molecule has 2 rings (SSSR count). The number of amides is 1. The zero-order valence-corrected chi connectivity index (χ0v) is 12.6. The van der Waals surface area contributed by atoms with Crippen molar-refractivity contribution in [1.82, 2.24) is 9.97 Å². The van der Waals surface area contributed by atoms with Gasteiger partial charge >= 0.3 is 0 Å². The number of nitrogens with zero attached hydrogens (tertiary/aromatic N) is 4. The molecule has 0 bridgehead atoms. The number of amidine groups is 1. The first-order valence-corrected chi connectivity index (χ1v) is 6.89. The predicted octanol–water partition coefficient (Wildman–Crippen LogP) is 2.73. The van der Waals surface area contributed by atoms with Gasteiger partial charge in [0.15, 0.2) is 0 Å². The molecule has 21 heavy (non-hydrogen) atoms. The van der Waals surface area contributed by atoms with Gasteiger partial charge in [0.2, 0.25) is 5.91 Å². The van der Waals surface area contributed by atoms with Crippen LogP contribution in [0, 0.1) is 11.8 Å². The first-order chi connectivity index (χ1) is 10.0. The molecule has 0 aromatic carbocycles. The molecule has 0 unspecified atom stereocenters. The van der Waals surface area contributed by atoms with Crippen molar-refractivity contribution in [3.8, 4) is 0 Å². The number of carbonyl (C=O) groups is 1. The molecule has 1 saturated carbocycles. The summed E-state index contributed by atoms with van der Waals surface area (Å²) in [4.78, 5) is 28.1. The Morgan fingerprint density at radius 3 is 2.90 bits per heavy atom. The minimum Gasteiger partial charge on any atom is -0.310 e. The van der Waals surface area contributed by atoms with E-state index >= 15 is 0 Å². The van der Waals surface area contributed by atoms with Crippen molar-refractivity contribution >= 4 is 35.9 Å². The van der Waals surface area contributed by atoms with Crippen molar-refractivity contribution in [2.24, 2.45) is 21.8 Å². The highest BCUT2D eigenvalue weighted by atomic mass is 35.5.